The molecule has 9 heteroatoms. The van der Waals surface area contributed by atoms with Gasteiger partial charge in [0.25, 0.3) is 11.8 Å². The minimum absolute atomic E-state index is 0.0816. The number of esters is 1. The van der Waals surface area contributed by atoms with E-state index in [4.69, 9.17) is 16.3 Å². The van der Waals surface area contributed by atoms with Crippen molar-refractivity contribution in [3.8, 4) is 0 Å². The zero-order valence-electron chi connectivity index (χ0n) is 15.7. The van der Waals surface area contributed by atoms with Crippen LogP contribution < -0.4 is 16.2 Å². The maximum Gasteiger partial charge on any atom is 0.306 e. The van der Waals surface area contributed by atoms with E-state index in [9.17, 15) is 19.2 Å². The van der Waals surface area contributed by atoms with Crippen molar-refractivity contribution >= 4 is 41.0 Å². The number of hydrogen-bond acceptors (Lipinski definition) is 5. The molecule has 2 aromatic carbocycles. The first-order chi connectivity index (χ1) is 13.8. The maximum absolute atomic E-state index is 11.8. The number of rotatable bonds is 7. The molecule has 8 nitrogen and oxygen atoms in total. The van der Waals surface area contributed by atoms with Gasteiger partial charge in [0.2, 0.25) is 5.91 Å². The number of aryl methyl sites for hydroxylation is 1. The summed E-state index contributed by atoms with van der Waals surface area (Å²) in [5.74, 6) is -2.31. The molecule has 2 rings (SSSR count). The van der Waals surface area contributed by atoms with Gasteiger partial charge in [0, 0.05) is 22.7 Å². The number of carbonyl (C=O) groups is 4. The van der Waals surface area contributed by atoms with E-state index in [-0.39, 0.29) is 18.7 Å². The molecule has 0 radical (unpaired) electrons. The minimum atomic E-state index is -0.718. The number of ether oxygens (including phenoxy) is 1. The van der Waals surface area contributed by atoms with E-state index in [0.29, 0.717) is 16.3 Å². The quantitative estimate of drug-likeness (QED) is 0.472. The normalized spacial score (nSPS) is 10.0. The van der Waals surface area contributed by atoms with Crippen molar-refractivity contribution in [1.29, 1.82) is 0 Å². The third kappa shape index (κ3) is 8.02. The molecule has 0 aromatic heterocycles. The van der Waals surface area contributed by atoms with Gasteiger partial charge in [-0.1, -0.05) is 23.7 Å². The van der Waals surface area contributed by atoms with Gasteiger partial charge in [-0.2, -0.15) is 0 Å². The first kappa shape index (κ1) is 21.9. The van der Waals surface area contributed by atoms with Crippen molar-refractivity contribution in [1.82, 2.24) is 10.9 Å². The number of carbonyl (C=O) groups excluding carboxylic acids is 4. The Bertz CT molecular complexity index is 899. The molecule has 0 spiro atoms. The Morgan fingerprint density at radius 1 is 0.931 bits per heavy atom. The molecule has 0 saturated heterocycles. The van der Waals surface area contributed by atoms with Gasteiger partial charge in [0.1, 0.15) is 0 Å². The molecule has 0 unspecified atom stereocenters. The fourth-order valence-corrected chi connectivity index (χ4v) is 2.34. The number of benzene rings is 2. The van der Waals surface area contributed by atoms with Crippen LogP contribution in [0.4, 0.5) is 5.69 Å². The summed E-state index contributed by atoms with van der Waals surface area (Å²) in [7, 11) is 0. The van der Waals surface area contributed by atoms with Crippen molar-refractivity contribution in [3.63, 3.8) is 0 Å². The lowest BCUT2D eigenvalue weighted by atomic mass is 10.2. The Morgan fingerprint density at radius 3 is 2.34 bits per heavy atom. The predicted molar refractivity (Wildman–Crippen MR) is 107 cm³/mol. The highest BCUT2D eigenvalue weighted by molar-refractivity contribution is 6.30. The number of hydrogen-bond donors (Lipinski definition) is 3. The highest BCUT2D eigenvalue weighted by Crippen LogP contribution is 2.10. The Balaban J connectivity index is 1.64. The summed E-state index contributed by atoms with van der Waals surface area (Å²) in [5, 5.41) is 3.15. The van der Waals surface area contributed by atoms with Crippen LogP contribution in [0.3, 0.4) is 0 Å². The van der Waals surface area contributed by atoms with Gasteiger partial charge in [-0.05, 0) is 48.9 Å². The Labute approximate surface area is 172 Å². The molecule has 3 amide bonds. The summed E-state index contributed by atoms with van der Waals surface area (Å²) in [6.45, 7) is 1.31. The topological polar surface area (TPSA) is 114 Å². The van der Waals surface area contributed by atoms with Crippen LogP contribution in [0.5, 0.6) is 0 Å². The summed E-state index contributed by atoms with van der Waals surface area (Å²) in [4.78, 5) is 47.0. The van der Waals surface area contributed by atoms with Gasteiger partial charge in [0.15, 0.2) is 6.61 Å². The van der Waals surface area contributed by atoms with Gasteiger partial charge in [0.05, 0.1) is 6.42 Å². The van der Waals surface area contributed by atoms with E-state index in [1.165, 1.54) is 24.3 Å². The van der Waals surface area contributed by atoms with Crippen LogP contribution in [0.25, 0.3) is 0 Å². The molecule has 29 heavy (non-hydrogen) atoms. The van der Waals surface area contributed by atoms with Crippen LogP contribution in [0, 0.1) is 6.92 Å². The molecule has 0 atom stereocenters. The number of anilines is 1. The standard InChI is InChI=1S/C20H20ClN3O5/c1-13-3-2-4-16(11-13)22-17(25)9-10-19(27)29-12-18(26)23-24-20(28)14-5-7-15(21)8-6-14/h2-8,11H,9-10,12H2,1H3,(H,22,25)(H,23,26)(H,24,28). The van der Waals surface area contributed by atoms with Crippen LogP contribution in [-0.2, 0) is 19.1 Å². The zero-order chi connectivity index (χ0) is 21.2. The average Bonchev–Trinajstić information content (AvgIpc) is 2.69. The van der Waals surface area contributed by atoms with E-state index in [1.54, 1.807) is 12.1 Å². The molecule has 0 aliphatic heterocycles. The zero-order valence-corrected chi connectivity index (χ0v) is 16.4. The molecule has 152 valence electrons. The minimum Gasteiger partial charge on any atom is -0.455 e. The molecule has 0 aliphatic rings. The second-order valence-electron chi connectivity index (χ2n) is 6.09. The Morgan fingerprint density at radius 2 is 1.66 bits per heavy atom. The number of halogens is 1. The van der Waals surface area contributed by atoms with Crippen molar-refractivity contribution in [2.24, 2.45) is 0 Å². The summed E-state index contributed by atoms with van der Waals surface area (Å²) in [6, 6.07) is 13.3. The highest BCUT2D eigenvalue weighted by atomic mass is 35.5. The van der Waals surface area contributed by atoms with Crippen molar-refractivity contribution in [3.05, 3.63) is 64.7 Å². The largest absolute Gasteiger partial charge is 0.455 e. The van der Waals surface area contributed by atoms with Crippen LogP contribution in [0.15, 0.2) is 48.5 Å². The van der Waals surface area contributed by atoms with Crippen LogP contribution >= 0.6 is 11.6 Å². The molecule has 0 fully saturated rings. The Kier molecular flexibility index (Phi) is 8.17. The first-order valence-electron chi connectivity index (χ1n) is 8.70. The lowest BCUT2D eigenvalue weighted by molar-refractivity contribution is -0.149. The number of amides is 3. The van der Waals surface area contributed by atoms with E-state index >= 15 is 0 Å². The summed E-state index contributed by atoms with van der Waals surface area (Å²) in [5.41, 5.74) is 6.25. The molecule has 0 heterocycles. The summed E-state index contributed by atoms with van der Waals surface area (Å²) < 4.78 is 4.78. The third-order valence-electron chi connectivity index (χ3n) is 3.64. The molecule has 0 saturated carbocycles. The molecule has 0 aliphatic carbocycles. The average molecular weight is 418 g/mol. The van der Waals surface area contributed by atoms with Crippen LogP contribution in [0.1, 0.15) is 28.8 Å². The lowest BCUT2D eigenvalue weighted by Gasteiger charge is -2.08. The van der Waals surface area contributed by atoms with E-state index in [0.717, 1.165) is 5.56 Å². The van der Waals surface area contributed by atoms with Crippen LogP contribution in [0.2, 0.25) is 5.02 Å². The van der Waals surface area contributed by atoms with E-state index in [1.807, 2.05) is 19.1 Å². The third-order valence-corrected chi connectivity index (χ3v) is 3.90. The van der Waals surface area contributed by atoms with Gasteiger partial charge in [-0.25, -0.2) is 0 Å². The van der Waals surface area contributed by atoms with E-state index in [2.05, 4.69) is 16.2 Å². The van der Waals surface area contributed by atoms with E-state index < -0.39 is 24.4 Å². The predicted octanol–water partition coefficient (Wildman–Crippen LogP) is 2.37. The monoisotopic (exact) mass is 417 g/mol. The van der Waals surface area contributed by atoms with Gasteiger partial charge < -0.3 is 10.1 Å². The van der Waals surface area contributed by atoms with Crippen molar-refractivity contribution in [2.45, 2.75) is 19.8 Å². The second-order valence-corrected chi connectivity index (χ2v) is 6.52. The smallest absolute Gasteiger partial charge is 0.306 e. The SMILES string of the molecule is Cc1cccc(NC(=O)CCC(=O)OCC(=O)NNC(=O)c2ccc(Cl)cc2)c1. The van der Waals surface area contributed by atoms with Gasteiger partial charge in [-0.3, -0.25) is 30.0 Å². The molecular weight excluding hydrogens is 398 g/mol. The lowest BCUT2D eigenvalue weighted by Crippen LogP contribution is -2.43. The highest BCUT2D eigenvalue weighted by Gasteiger charge is 2.12. The van der Waals surface area contributed by atoms with Crippen LogP contribution in [-0.4, -0.2) is 30.3 Å². The number of nitrogens with one attached hydrogen (secondary N) is 3. The maximum atomic E-state index is 11.8. The molecule has 3 N–H and O–H groups in total. The van der Waals surface area contributed by atoms with Crippen molar-refractivity contribution < 1.29 is 23.9 Å². The summed E-state index contributed by atoms with van der Waals surface area (Å²) in [6.07, 6.45) is -0.260. The fourth-order valence-electron chi connectivity index (χ4n) is 2.22. The second kappa shape index (κ2) is 10.8. The number of hydrazine groups is 1. The fraction of sp³-hybridized carbons (Fsp3) is 0.200. The Hall–Kier alpha value is -3.39. The molecule has 2 aromatic rings. The molecular formula is C20H20ClN3O5. The van der Waals surface area contributed by atoms with Crippen molar-refractivity contribution in [2.75, 3.05) is 11.9 Å². The van der Waals surface area contributed by atoms with Gasteiger partial charge >= 0.3 is 5.97 Å². The first-order valence-corrected chi connectivity index (χ1v) is 9.08. The molecule has 0 bridgehead atoms. The summed E-state index contributed by atoms with van der Waals surface area (Å²) >= 11 is 5.73. The van der Waals surface area contributed by atoms with Gasteiger partial charge in [-0.15, -0.1) is 0 Å².